The van der Waals surface area contributed by atoms with Gasteiger partial charge in [0.25, 0.3) is 5.69 Å². The Morgan fingerprint density at radius 2 is 2.00 bits per heavy atom. The number of benzene rings is 1. The molecule has 1 aromatic carbocycles. The van der Waals surface area contributed by atoms with E-state index < -0.39 is 10.7 Å². The summed E-state index contributed by atoms with van der Waals surface area (Å²) in [5.41, 5.74) is 1.29. The predicted molar refractivity (Wildman–Crippen MR) is 75.1 cm³/mol. The Bertz CT molecular complexity index is 685. The number of halogens is 3. The number of rotatable bonds is 2. The second kappa shape index (κ2) is 5.01. The summed E-state index contributed by atoms with van der Waals surface area (Å²) in [6, 6.07) is 2.23. The third-order valence-electron chi connectivity index (χ3n) is 2.65. The van der Waals surface area contributed by atoms with Crippen molar-refractivity contribution in [2.24, 2.45) is 0 Å². The predicted octanol–water partition coefficient (Wildman–Crippen LogP) is 4.06. The summed E-state index contributed by atoms with van der Waals surface area (Å²) in [4.78, 5) is 10.4. The molecule has 0 aliphatic heterocycles. The maximum Gasteiger partial charge on any atom is 0.297 e. The van der Waals surface area contributed by atoms with Gasteiger partial charge in [0, 0.05) is 0 Å². The van der Waals surface area contributed by atoms with Gasteiger partial charge in [-0.05, 0) is 51.8 Å². The first-order chi connectivity index (χ1) is 8.82. The Kier molecular flexibility index (Phi) is 3.73. The van der Waals surface area contributed by atoms with Gasteiger partial charge in [-0.25, -0.2) is 9.07 Å². The summed E-state index contributed by atoms with van der Waals surface area (Å²) in [6.07, 6.45) is 0. The quantitative estimate of drug-likeness (QED) is 0.571. The highest BCUT2D eigenvalue weighted by atomic mass is 79.9. The summed E-state index contributed by atoms with van der Waals surface area (Å²) >= 11 is 6.38. The lowest BCUT2D eigenvalue weighted by Gasteiger charge is -2.06. The lowest BCUT2D eigenvalue weighted by atomic mass is 10.2. The van der Waals surface area contributed by atoms with Gasteiger partial charge in [-0.2, -0.15) is 5.10 Å². The first-order valence-electron chi connectivity index (χ1n) is 5.18. The van der Waals surface area contributed by atoms with Crippen LogP contribution in [0.3, 0.4) is 0 Å². The van der Waals surface area contributed by atoms with Crippen molar-refractivity contribution in [3.05, 3.63) is 48.4 Å². The number of aromatic nitrogens is 2. The molecule has 100 valence electrons. The molecule has 5 nitrogen and oxygen atoms in total. The van der Waals surface area contributed by atoms with Crippen LogP contribution in [-0.2, 0) is 0 Å². The van der Waals surface area contributed by atoms with Crippen LogP contribution in [0.1, 0.15) is 11.4 Å². The van der Waals surface area contributed by atoms with E-state index in [1.807, 2.05) is 0 Å². The number of hydrogen-bond donors (Lipinski definition) is 0. The van der Waals surface area contributed by atoms with Crippen LogP contribution < -0.4 is 0 Å². The molecule has 0 aliphatic carbocycles. The number of nitrogens with zero attached hydrogens (tertiary/aromatic N) is 3. The van der Waals surface area contributed by atoms with E-state index in [1.54, 1.807) is 13.8 Å². The minimum Gasteiger partial charge on any atom is -0.258 e. The molecule has 0 N–H and O–H groups in total. The monoisotopic (exact) mass is 391 g/mol. The van der Waals surface area contributed by atoms with Crippen LogP contribution in [0.4, 0.5) is 10.1 Å². The van der Waals surface area contributed by atoms with E-state index in [0.717, 1.165) is 10.5 Å². The average molecular weight is 393 g/mol. The molecule has 0 radical (unpaired) electrons. The molecule has 2 aromatic rings. The van der Waals surface area contributed by atoms with Crippen molar-refractivity contribution < 1.29 is 9.31 Å². The Hall–Kier alpha value is -1.28. The summed E-state index contributed by atoms with van der Waals surface area (Å²) in [5, 5.41) is 15.2. The largest absolute Gasteiger partial charge is 0.297 e. The fraction of sp³-hybridized carbons (Fsp3) is 0.182. The van der Waals surface area contributed by atoms with Crippen molar-refractivity contribution in [1.29, 1.82) is 0 Å². The van der Waals surface area contributed by atoms with Crippen molar-refractivity contribution >= 4 is 37.5 Å². The SMILES string of the molecule is Cc1nn(-c2cc(Br)c(F)cc2[N+](=O)[O-])c(C)c1Br. The molecule has 2 rings (SSSR count). The zero-order chi connectivity index (χ0) is 14.3. The molecular formula is C11H8Br2FN3O2. The number of nitro benzene ring substituents is 1. The Balaban J connectivity index is 2.77. The molecule has 0 aliphatic rings. The smallest absolute Gasteiger partial charge is 0.258 e. The lowest BCUT2D eigenvalue weighted by Crippen LogP contribution is -2.04. The number of aryl methyl sites for hydroxylation is 1. The van der Waals surface area contributed by atoms with Crippen molar-refractivity contribution in [2.45, 2.75) is 13.8 Å². The summed E-state index contributed by atoms with van der Waals surface area (Å²) < 4.78 is 15.8. The third kappa shape index (κ3) is 2.42. The molecule has 0 saturated carbocycles. The van der Waals surface area contributed by atoms with Crippen LogP contribution in [0, 0.1) is 29.8 Å². The average Bonchev–Trinajstić information content (AvgIpc) is 2.59. The van der Waals surface area contributed by atoms with E-state index in [9.17, 15) is 14.5 Å². The van der Waals surface area contributed by atoms with Crippen LogP contribution in [0.2, 0.25) is 0 Å². The van der Waals surface area contributed by atoms with Crippen LogP contribution in [0.15, 0.2) is 21.1 Å². The maximum absolute atomic E-state index is 13.4. The second-order valence-corrected chi connectivity index (χ2v) is 5.56. The highest BCUT2D eigenvalue weighted by Crippen LogP contribution is 2.32. The van der Waals surface area contributed by atoms with Crippen LogP contribution in [0.25, 0.3) is 5.69 Å². The highest BCUT2D eigenvalue weighted by Gasteiger charge is 2.22. The van der Waals surface area contributed by atoms with Crippen LogP contribution >= 0.6 is 31.9 Å². The fourth-order valence-corrected chi connectivity index (χ4v) is 2.28. The molecule has 0 atom stereocenters. The van der Waals surface area contributed by atoms with Gasteiger partial charge in [0.1, 0.15) is 11.5 Å². The normalized spacial score (nSPS) is 10.8. The minimum atomic E-state index is -0.684. The first kappa shape index (κ1) is 14.1. The fourth-order valence-electron chi connectivity index (χ4n) is 1.70. The van der Waals surface area contributed by atoms with Gasteiger partial charge in [0.15, 0.2) is 0 Å². The molecule has 19 heavy (non-hydrogen) atoms. The first-order valence-corrected chi connectivity index (χ1v) is 6.77. The van der Waals surface area contributed by atoms with E-state index in [-0.39, 0.29) is 15.8 Å². The van der Waals surface area contributed by atoms with Crippen LogP contribution in [0.5, 0.6) is 0 Å². The van der Waals surface area contributed by atoms with Gasteiger partial charge < -0.3 is 0 Å². The van der Waals surface area contributed by atoms with E-state index in [2.05, 4.69) is 37.0 Å². The van der Waals surface area contributed by atoms with Crippen molar-refractivity contribution in [1.82, 2.24) is 9.78 Å². The molecule has 0 amide bonds. The Morgan fingerprint density at radius 1 is 1.37 bits per heavy atom. The van der Waals surface area contributed by atoms with Gasteiger partial charge in [-0.3, -0.25) is 10.1 Å². The van der Waals surface area contributed by atoms with Gasteiger partial charge in [0.05, 0.1) is 31.3 Å². The third-order valence-corrected chi connectivity index (χ3v) is 4.40. The highest BCUT2D eigenvalue weighted by molar-refractivity contribution is 9.10. The van der Waals surface area contributed by atoms with E-state index in [0.29, 0.717) is 11.4 Å². The van der Waals surface area contributed by atoms with Crippen molar-refractivity contribution in [3.8, 4) is 5.69 Å². The van der Waals surface area contributed by atoms with Crippen molar-refractivity contribution in [2.75, 3.05) is 0 Å². The Labute approximate surface area is 124 Å². The van der Waals surface area contributed by atoms with E-state index >= 15 is 0 Å². The maximum atomic E-state index is 13.4. The second-order valence-electron chi connectivity index (χ2n) is 3.91. The van der Waals surface area contributed by atoms with Gasteiger partial charge in [0.2, 0.25) is 0 Å². The zero-order valence-corrected chi connectivity index (χ0v) is 13.1. The zero-order valence-electron chi connectivity index (χ0n) is 9.95. The molecule has 0 bridgehead atoms. The van der Waals surface area contributed by atoms with Gasteiger partial charge in [-0.15, -0.1) is 0 Å². The molecule has 1 heterocycles. The standard InChI is InChI=1S/C11H8Br2FN3O2/c1-5-11(13)6(2)16(15-5)9-3-7(12)8(14)4-10(9)17(18)19/h3-4H,1-2H3. The minimum absolute atomic E-state index is 0.150. The number of nitro groups is 1. The summed E-state index contributed by atoms with van der Waals surface area (Å²) in [5.74, 6) is -0.684. The Morgan fingerprint density at radius 3 is 2.47 bits per heavy atom. The summed E-state index contributed by atoms with van der Waals surface area (Å²) in [7, 11) is 0. The summed E-state index contributed by atoms with van der Waals surface area (Å²) in [6.45, 7) is 3.54. The molecule has 1 aromatic heterocycles. The van der Waals surface area contributed by atoms with Crippen molar-refractivity contribution in [3.63, 3.8) is 0 Å². The van der Waals surface area contributed by atoms with Gasteiger partial charge in [-0.1, -0.05) is 0 Å². The van der Waals surface area contributed by atoms with E-state index in [1.165, 1.54) is 10.7 Å². The topological polar surface area (TPSA) is 61.0 Å². The molecule has 0 saturated heterocycles. The molecular weight excluding hydrogens is 385 g/mol. The van der Waals surface area contributed by atoms with Gasteiger partial charge >= 0.3 is 0 Å². The molecule has 0 spiro atoms. The number of hydrogen-bond acceptors (Lipinski definition) is 3. The molecule has 8 heteroatoms. The lowest BCUT2D eigenvalue weighted by molar-refractivity contribution is -0.384. The molecule has 0 unspecified atom stereocenters. The molecule has 0 fully saturated rings. The van der Waals surface area contributed by atoms with Crippen LogP contribution in [-0.4, -0.2) is 14.7 Å². The van der Waals surface area contributed by atoms with E-state index in [4.69, 9.17) is 0 Å².